The first-order valence-electron chi connectivity index (χ1n) is 24.4. The molecule has 5 nitrogen and oxygen atoms in total. The molecule has 3 aromatic heterocycles. The minimum atomic E-state index is -0.445. The zero-order valence-electron chi connectivity index (χ0n) is 40.9. The molecule has 13 rings (SSSR count). The molecule has 0 fully saturated rings. The van der Waals surface area contributed by atoms with Crippen LogP contribution < -0.4 is 9.30 Å². The summed E-state index contributed by atoms with van der Waals surface area (Å²) >= 11 is 0. The van der Waals surface area contributed by atoms with Crippen molar-refractivity contribution >= 4 is 86.8 Å². The lowest BCUT2D eigenvalue weighted by Crippen LogP contribution is -2.29. The van der Waals surface area contributed by atoms with Gasteiger partial charge in [0.25, 0.3) is 6.33 Å². The van der Waals surface area contributed by atoms with Gasteiger partial charge >= 0.3 is 0 Å². The highest BCUT2D eigenvalue weighted by molar-refractivity contribution is 6.32. The van der Waals surface area contributed by atoms with Crippen LogP contribution in [0.4, 0.5) is 0 Å². The van der Waals surface area contributed by atoms with Crippen LogP contribution >= 0.6 is 0 Å². The van der Waals surface area contributed by atoms with Gasteiger partial charge in [0.05, 0.1) is 45.8 Å². The largest absolute Gasteiger partial charge is 0.458 e. The van der Waals surface area contributed by atoms with Gasteiger partial charge in [0.1, 0.15) is 17.3 Å². The molecule has 0 unspecified atom stereocenters. The molecule has 5 heteroatoms. The maximum absolute atomic E-state index is 8.81. The zero-order valence-corrected chi connectivity index (χ0v) is 35.9. The first kappa shape index (κ1) is 32.4. The molecule has 0 aliphatic carbocycles. The van der Waals surface area contributed by atoms with E-state index in [-0.39, 0.29) is 23.2 Å². The summed E-state index contributed by atoms with van der Waals surface area (Å²) in [5.74, 6) is 2.07. The highest BCUT2D eigenvalue weighted by Gasteiger charge is 2.23. The Balaban J connectivity index is 1.02. The molecule has 0 bridgehead atoms. The third kappa shape index (κ3) is 5.86. The molecule has 65 heavy (non-hydrogen) atoms. The quantitative estimate of drug-likeness (QED) is 0.0983. The number of ether oxygens (including phenoxy) is 1. The molecular formula is C60H42N4O. The van der Waals surface area contributed by atoms with E-state index in [1.54, 1.807) is 4.57 Å². The van der Waals surface area contributed by atoms with Gasteiger partial charge in [-0.3, -0.25) is 13.7 Å². The highest BCUT2D eigenvalue weighted by Crippen LogP contribution is 2.43. The Kier molecular flexibility index (Phi) is 7.04. The van der Waals surface area contributed by atoms with Gasteiger partial charge in [-0.2, -0.15) is 0 Å². The molecule has 0 atom stereocenters. The second-order valence-corrected chi connectivity index (χ2v) is 17.8. The number of nitrogens with zero attached hydrogens (tertiary/aromatic N) is 4. The van der Waals surface area contributed by atoms with Crippen LogP contribution in [0.3, 0.4) is 0 Å². The first-order valence-corrected chi connectivity index (χ1v) is 21.9. The molecule has 10 aromatic carbocycles. The molecule has 0 saturated carbocycles. The van der Waals surface area contributed by atoms with E-state index < -0.39 is 18.1 Å². The topological polar surface area (TPSA) is 35.9 Å². The Hall–Kier alpha value is -8.28. The lowest BCUT2D eigenvalue weighted by molar-refractivity contribution is -0.572. The van der Waals surface area contributed by atoms with E-state index in [2.05, 4.69) is 165 Å². The first-order chi connectivity index (χ1) is 33.9. The third-order valence-electron chi connectivity index (χ3n) is 12.9. The number of para-hydroxylation sites is 4. The van der Waals surface area contributed by atoms with E-state index in [0.29, 0.717) is 17.0 Å². The average molecular weight is 840 g/mol. The number of hydrogen-bond acceptors (Lipinski definition) is 2. The number of fused-ring (bicyclic) bond motifs is 13. The van der Waals surface area contributed by atoms with E-state index in [4.69, 9.17) is 16.6 Å². The summed E-state index contributed by atoms with van der Waals surface area (Å²) < 4.78 is 55.4. The molecule has 0 aliphatic rings. The molecule has 0 saturated heterocycles. The summed E-state index contributed by atoms with van der Waals surface area (Å²) in [5, 5.41) is 12.6. The monoisotopic (exact) mass is 839 g/mol. The SMILES string of the molecule is [2H]c1c([2H])c([2H])c(-[n+]2[c-]n(-c3cc(Oc4ccc5c6ccccc6n(-c6nc7ccc8ccc9ccccc9c8c7c7c6ccc6ccccc67)c5c4)cc(C(C)(C)C)c3)c3ccccc32)c([2H])c1[2H]. The zero-order chi connectivity index (χ0) is 47.7. The molecule has 13 aromatic rings. The fourth-order valence-electron chi connectivity index (χ4n) is 9.86. The van der Waals surface area contributed by atoms with Crippen molar-refractivity contribution in [1.29, 1.82) is 0 Å². The Morgan fingerprint density at radius 1 is 0.538 bits per heavy atom. The van der Waals surface area contributed by atoms with Gasteiger partial charge in [-0.15, -0.1) is 0 Å². The molecule has 0 N–H and O–H groups in total. The summed E-state index contributed by atoms with van der Waals surface area (Å²) in [6, 6.07) is 57.0. The van der Waals surface area contributed by atoms with Crippen LogP contribution in [-0.2, 0) is 5.41 Å². The molecule has 0 aliphatic heterocycles. The van der Waals surface area contributed by atoms with Gasteiger partial charge in [0.15, 0.2) is 0 Å². The van der Waals surface area contributed by atoms with Crippen LogP contribution in [-0.4, -0.2) is 14.1 Å². The maximum atomic E-state index is 8.81. The standard InChI is InChI=1S/C60H42N4O/c1-60(2,3)41-33-43(63-37-62(42-17-5-4-6-18-42)53-23-13-14-24-54(53)63)35-45(34-41)65-44-29-31-49-48-21-11-12-22-52(48)64(55(49)36-44)59-50-30-27-39-16-8-10-20-47(39)57(50)58-51(61-59)32-28-40-26-25-38-15-7-9-19-46(38)56(40)58/h4-36H,1-3H3/i4D,5D,6D,17D,18D. The van der Waals surface area contributed by atoms with Gasteiger partial charge in [0.2, 0.25) is 0 Å². The third-order valence-corrected chi connectivity index (χ3v) is 12.9. The Morgan fingerprint density at radius 2 is 1.18 bits per heavy atom. The Bertz CT molecular complexity index is 4370. The van der Waals surface area contributed by atoms with Crippen molar-refractivity contribution < 1.29 is 16.2 Å². The lowest BCUT2D eigenvalue weighted by atomic mass is 9.86. The van der Waals surface area contributed by atoms with Gasteiger partial charge in [0, 0.05) is 33.0 Å². The van der Waals surface area contributed by atoms with Crippen LogP contribution in [0.5, 0.6) is 11.5 Å². The van der Waals surface area contributed by atoms with Gasteiger partial charge < -0.3 is 4.74 Å². The second-order valence-electron chi connectivity index (χ2n) is 17.8. The van der Waals surface area contributed by atoms with Crippen molar-refractivity contribution in [2.45, 2.75) is 26.2 Å². The summed E-state index contributed by atoms with van der Waals surface area (Å²) in [4.78, 5) is 5.64. The van der Waals surface area contributed by atoms with Crippen molar-refractivity contribution in [3.05, 3.63) is 212 Å². The van der Waals surface area contributed by atoms with E-state index in [9.17, 15) is 0 Å². The van der Waals surface area contributed by atoms with Crippen molar-refractivity contribution in [3.8, 4) is 28.7 Å². The fourth-order valence-corrected chi connectivity index (χ4v) is 9.86. The predicted octanol–water partition coefficient (Wildman–Crippen LogP) is 15.1. The smallest absolute Gasteiger partial charge is 0.269 e. The average Bonchev–Trinajstić information content (AvgIpc) is 3.92. The normalized spacial score (nSPS) is 13.3. The maximum Gasteiger partial charge on any atom is 0.269 e. The molecule has 0 spiro atoms. The molecule has 0 amide bonds. The molecule has 308 valence electrons. The van der Waals surface area contributed by atoms with Crippen LogP contribution in [0.15, 0.2) is 200 Å². The fraction of sp³-hybridized carbons (Fsp3) is 0.0667. The van der Waals surface area contributed by atoms with Gasteiger partial charge in [-0.1, -0.05) is 154 Å². The number of imidazole rings is 1. The minimum Gasteiger partial charge on any atom is -0.458 e. The van der Waals surface area contributed by atoms with Gasteiger partial charge in [-0.05, 0) is 104 Å². The van der Waals surface area contributed by atoms with Crippen LogP contribution in [0, 0.1) is 6.33 Å². The van der Waals surface area contributed by atoms with E-state index in [1.807, 2.05) is 41.0 Å². The Labute approximate surface area is 382 Å². The molecular weight excluding hydrogens is 793 g/mol. The summed E-state index contributed by atoms with van der Waals surface area (Å²) in [7, 11) is 0. The van der Waals surface area contributed by atoms with Crippen molar-refractivity contribution in [1.82, 2.24) is 14.1 Å². The van der Waals surface area contributed by atoms with Crippen LogP contribution in [0.25, 0.3) is 104 Å². The number of pyridine rings is 1. The number of aromatic nitrogens is 4. The lowest BCUT2D eigenvalue weighted by Gasteiger charge is -2.22. The summed E-state index contributed by atoms with van der Waals surface area (Å²) in [6.07, 6.45) is 3.37. The highest BCUT2D eigenvalue weighted by atomic mass is 16.5. The minimum absolute atomic E-state index is 0.0248. The van der Waals surface area contributed by atoms with Crippen molar-refractivity contribution in [2.75, 3.05) is 0 Å². The Morgan fingerprint density at radius 3 is 1.98 bits per heavy atom. The van der Waals surface area contributed by atoms with E-state index >= 15 is 0 Å². The summed E-state index contributed by atoms with van der Waals surface area (Å²) in [5.41, 5.74) is 5.74. The van der Waals surface area contributed by atoms with Crippen molar-refractivity contribution in [3.63, 3.8) is 0 Å². The van der Waals surface area contributed by atoms with Crippen LogP contribution in [0.2, 0.25) is 0 Å². The summed E-state index contributed by atoms with van der Waals surface area (Å²) in [6.45, 7) is 6.46. The molecule has 0 radical (unpaired) electrons. The molecule has 3 heterocycles. The van der Waals surface area contributed by atoms with E-state index in [0.717, 1.165) is 71.5 Å². The second kappa shape index (κ2) is 14.1. The van der Waals surface area contributed by atoms with Gasteiger partial charge in [-0.25, -0.2) is 4.98 Å². The predicted molar refractivity (Wildman–Crippen MR) is 269 cm³/mol. The van der Waals surface area contributed by atoms with Crippen LogP contribution in [0.1, 0.15) is 33.2 Å². The number of benzene rings is 10. The van der Waals surface area contributed by atoms with E-state index in [1.165, 1.54) is 26.9 Å². The number of rotatable bonds is 5. The number of hydrogen-bond donors (Lipinski definition) is 0. The van der Waals surface area contributed by atoms with Crippen molar-refractivity contribution in [2.24, 2.45) is 0 Å².